The summed E-state index contributed by atoms with van der Waals surface area (Å²) in [5, 5.41) is 13.4. The Morgan fingerprint density at radius 2 is 1.85 bits per heavy atom. The molecule has 0 atom stereocenters. The third kappa shape index (κ3) is 2.74. The molecule has 0 saturated carbocycles. The first kappa shape index (κ1) is 15.7. The molecule has 0 aliphatic carbocycles. The molecular formula is C21H15N5. The zero-order chi connectivity index (χ0) is 17.9. The van der Waals surface area contributed by atoms with Crippen LogP contribution in [0.25, 0.3) is 33.4 Å². The Hall–Kier alpha value is -3.78. The van der Waals surface area contributed by atoms with Crippen molar-refractivity contribution in [1.29, 1.82) is 5.26 Å². The van der Waals surface area contributed by atoms with Crippen molar-refractivity contribution in [2.24, 2.45) is 0 Å². The Kier molecular flexibility index (Phi) is 4.00. The quantitative estimate of drug-likeness (QED) is 0.604. The number of benzene rings is 2. The zero-order valence-corrected chi connectivity index (χ0v) is 14.1. The van der Waals surface area contributed by atoms with Crippen LogP contribution in [-0.4, -0.2) is 22.0 Å². The number of aromatic nitrogens is 3. The second-order valence-corrected chi connectivity index (χ2v) is 5.78. The lowest BCUT2D eigenvalue weighted by molar-refractivity contribution is 1.20. The Morgan fingerprint density at radius 1 is 0.962 bits per heavy atom. The van der Waals surface area contributed by atoms with Gasteiger partial charge in [0.15, 0.2) is 5.82 Å². The minimum absolute atomic E-state index is 0.612. The van der Waals surface area contributed by atoms with Gasteiger partial charge in [-0.3, -0.25) is 4.98 Å². The van der Waals surface area contributed by atoms with Crippen LogP contribution in [0, 0.1) is 11.3 Å². The van der Waals surface area contributed by atoms with Crippen LogP contribution >= 0.6 is 0 Å². The molecule has 0 unspecified atom stereocenters. The van der Waals surface area contributed by atoms with Crippen molar-refractivity contribution in [3.05, 3.63) is 72.6 Å². The molecule has 0 bridgehead atoms. The lowest BCUT2D eigenvalue weighted by Crippen LogP contribution is -1.99. The summed E-state index contributed by atoms with van der Waals surface area (Å²) in [4.78, 5) is 13.5. The number of hydrogen-bond donors (Lipinski definition) is 1. The number of nitriles is 1. The summed E-state index contributed by atoms with van der Waals surface area (Å²) in [5.41, 5.74) is 4.15. The van der Waals surface area contributed by atoms with Gasteiger partial charge in [0.05, 0.1) is 17.1 Å². The number of fused-ring (bicyclic) bond motifs is 1. The third-order valence-electron chi connectivity index (χ3n) is 4.21. The van der Waals surface area contributed by atoms with Gasteiger partial charge in [-0.1, -0.05) is 24.3 Å². The van der Waals surface area contributed by atoms with Gasteiger partial charge >= 0.3 is 0 Å². The number of nitrogens with one attached hydrogen (secondary N) is 1. The van der Waals surface area contributed by atoms with Crippen molar-refractivity contribution in [1.82, 2.24) is 15.0 Å². The molecule has 4 rings (SSSR count). The molecule has 0 amide bonds. The fraction of sp³-hybridized carbons (Fsp3) is 0.0476. The smallest absolute Gasteiger partial charge is 0.163 e. The summed E-state index contributed by atoms with van der Waals surface area (Å²) in [7, 11) is 1.84. The first-order valence-corrected chi connectivity index (χ1v) is 8.19. The Bertz CT molecular complexity index is 1130. The van der Waals surface area contributed by atoms with Crippen molar-refractivity contribution in [3.63, 3.8) is 0 Å². The molecule has 0 saturated heterocycles. The molecule has 0 fully saturated rings. The van der Waals surface area contributed by atoms with Gasteiger partial charge in [0.1, 0.15) is 5.82 Å². The standard InChI is InChI=1S/C21H15N5/c1-23-21-18-9-8-14(17-7-3-2-5-15(17)12-22)11-19(18)25-20(26-21)16-6-4-10-24-13-16/h2-11,13H,1H3,(H,23,25,26). The van der Waals surface area contributed by atoms with Crippen molar-refractivity contribution < 1.29 is 0 Å². The fourth-order valence-corrected chi connectivity index (χ4v) is 2.94. The average molecular weight is 337 g/mol. The molecule has 0 aliphatic heterocycles. The van der Waals surface area contributed by atoms with Crippen LogP contribution in [0.5, 0.6) is 0 Å². The predicted octanol–water partition coefficient (Wildman–Crippen LogP) is 4.27. The van der Waals surface area contributed by atoms with Crippen molar-refractivity contribution in [2.75, 3.05) is 12.4 Å². The first-order chi connectivity index (χ1) is 12.8. The normalized spacial score (nSPS) is 10.5. The number of nitrogens with zero attached hydrogens (tertiary/aromatic N) is 4. The van der Waals surface area contributed by atoms with Crippen LogP contribution in [0.3, 0.4) is 0 Å². The van der Waals surface area contributed by atoms with E-state index >= 15 is 0 Å². The van der Waals surface area contributed by atoms with Crippen molar-refractivity contribution in [3.8, 4) is 28.6 Å². The van der Waals surface area contributed by atoms with Gasteiger partial charge in [0.25, 0.3) is 0 Å². The minimum Gasteiger partial charge on any atom is -0.373 e. The van der Waals surface area contributed by atoms with E-state index in [1.54, 1.807) is 12.4 Å². The van der Waals surface area contributed by atoms with Crippen LogP contribution < -0.4 is 5.32 Å². The van der Waals surface area contributed by atoms with Gasteiger partial charge in [0, 0.05) is 30.4 Å². The molecule has 5 nitrogen and oxygen atoms in total. The third-order valence-corrected chi connectivity index (χ3v) is 4.21. The molecule has 1 N–H and O–H groups in total. The monoisotopic (exact) mass is 337 g/mol. The topological polar surface area (TPSA) is 74.5 Å². The fourth-order valence-electron chi connectivity index (χ4n) is 2.94. The maximum atomic E-state index is 9.38. The summed E-state index contributed by atoms with van der Waals surface area (Å²) in [6.07, 6.45) is 3.47. The lowest BCUT2D eigenvalue weighted by Gasteiger charge is -2.10. The van der Waals surface area contributed by atoms with E-state index < -0.39 is 0 Å². The van der Waals surface area contributed by atoms with E-state index in [0.717, 1.165) is 33.4 Å². The molecule has 4 aromatic rings. The van der Waals surface area contributed by atoms with Crippen molar-refractivity contribution in [2.45, 2.75) is 0 Å². The summed E-state index contributed by atoms with van der Waals surface area (Å²) >= 11 is 0. The summed E-state index contributed by atoms with van der Waals surface area (Å²) in [5.74, 6) is 1.37. The Balaban J connectivity index is 1.94. The van der Waals surface area contributed by atoms with Gasteiger partial charge in [-0.15, -0.1) is 0 Å². The molecule has 0 spiro atoms. The van der Waals surface area contributed by atoms with E-state index in [9.17, 15) is 5.26 Å². The Morgan fingerprint density at radius 3 is 2.62 bits per heavy atom. The summed E-state index contributed by atoms with van der Waals surface area (Å²) < 4.78 is 0. The number of hydrogen-bond acceptors (Lipinski definition) is 5. The van der Waals surface area contributed by atoms with Gasteiger partial charge < -0.3 is 5.32 Å². The van der Waals surface area contributed by atoms with Crippen molar-refractivity contribution >= 4 is 16.7 Å². The second-order valence-electron chi connectivity index (χ2n) is 5.78. The number of anilines is 1. The molecular weight excluding hydrogens is 322 g/mol. The van der Waals surface area contributed by atoms with E-state index in [4.69, 9.17) is 4.98 Å². The van der Waals surface area contributed by atoms with Crippen LogP contribution in [0.2, 0.25) is 0 Å². The number of pyridine rings is 1. The second kappa shape index (κ2) is 6.61. The molecule has 0 aliphatic rings. The predicted molar refractivity (Wildman–Crippen MR) is 102 cm³/mol. The summed E-state index contributed by atoms with van der Waals surface area (Å²) in [6, 6.07) is 19.6. The van der Waals surface area contributed by atoms with Gasteiger partial charge in [-0.2, -0.15) is 5.26 Å². The largest absolute Gasteiger partial charge is 0.373 e. The van der Waals surface area contributed by atoms with E-state index in [1.807, 2.05) is 61.6 Å². The molecule has 2 aromatic heterocycles. The van der Waals surface area contributed by atoms with Crippen LogP contribution in [0.4, 0.5) is 5.82 Å². The van der Waals surface area contributed by atoms with E-state index in [-0.39, 0.29) is 0 Å². The molecule has 5 heteroatoms. The number of rotatable bonds is 3. The summed E-state index contributed by atoms with van der Waals surface area (Å²) in [6.45, 7) is 0. The lowest BCUT2D eigenvalue weighted by atomic mass is 9.99. The highest BCUT2D eigenvalue weighted by Gasteiger charge is 2.11. The van der Waals surface area contributed by atoms with Crippen LogP contribution in [0.1, 0.15) is 5.56 Å². The molecule has 26 heavy (non-hydrogen) atoms. The molecule has 2 heterocycles. The Labute approximate surface area is 151 Å². The molecule has 124 valence electrons. The van der Waals surface area contributed by atoms with Gasteiger partial charge in [-0.25, -0.2) is 9.97 Å². The highest BCUT2D eigenvalue weighted by atomic mass is 15.0. The maximum Gasteiger partial charge on any atom is 0.163 e. The highest BCUT2D eigenvalue weighted by Crippen LogP contribution is 2.30. The van der Waals surface area contributed by atoms with Gasteiger partial charge in [-0.05, 0) is 41.5 Å². The van der Waals surface area contributed by atoms with Crippen LogP contribution in [0.15, 0.2) is 67.0 Å². The first-order valence-electron chi connectivity index (χ1n) is 8.19. The molecule has 0 radical (unpaired) electrons. The minimum atomic E-state index is 0.612. The molecule has 2 aromatic carbocycles. The van der Waals surface area contributed by atoms with Gasteiger partial charge in [0.2, 0.25) is 0 Å². The maximum absolute atomic E-state index is 9.38. The van der Waals surface area contributed by atoms with E-state index in [2.05, 4.69) is 21.4 Å². The average Bonchev–Trinajstić information content (AvgIpc) is 2.73. The highest BCUT2D eigenvalue weighted by molar-refractivity contribution is 5.93. The van der Waals surface area contributed by atoms with E-state index in [0.29, 0.717) is 11.4 Å². The zero-order valence-electron chi connectivity index (χ0n) is 14.1. The van der Waals surface area contributed by atoms with E-state index in [1.165, 1.54) is 0 Å². The van der Waals surface area contributed by atoms with Crippen LogP contribution in [-0.2, 0) is 0 Å². The SMILES string of the molecule is CNc1nc(-c2cccnc2)nc2cc(-c3ccccc3C#N)ccc12.